The molecule has 0 aliphatic carbocycles. The minimum atomic E-state index is -0.770. The zero-order valence-electron chi connectivity index (χ0n) is 18.8. The van der Waals surface area contributed by atoms with E-state index in [9.17, 15) is 18.8 Å². The lowest BCUT2D eigenvalue weighted by atomic mass is 9.88. The maximum Gasteiger partial charge on any atom is 0.256 e. The van der Waals surface area contributed by atoms with Gasteiger partial charge in [0, 0.05) is 19.1 Å². The number of piperidine rings is 1. The van der Waals surface area contributed by atoms with Crippen LogP contribution in [0.15, 0.2) is 48.5 Å². The van der Waals surface area contributed by atoms with Gasteiger partial charge in [0.2, 0.25) is 5.91 Å². The molecule has 0 bridgehead atoms. The first kappa shape index (κ1) is 24.7. The van der Waals surface area contributed by atoms with Crippen molar-refractivity contribution >= 4 is 29.3 Å². The Bertz CT molecular complexity index is 1010. The second-order valence-electron chi connectivity index (χ2n) is 8.36. The average molecular weight is 474 g/mol. The van der Waals surface area contributed by atoms with Gasteiger partial charge in [-0.1, -0.05) is 42.8 Å². The van der Waals surface area contributed by atoms with Crippen molar-refractivity contribution in [2.24, 2.45) is 5.92 Å². The Labute approximate surface area is 198 Å². The van der Waals surface area contributed by atoms with E-state index in [2.05, 4.69) is 10.6 Å². The number of amides is 3. The fourth-order valence-corrected chi connectivity index (χ4v) is 4.16. The van der Waals surface area contributed by atoms with Crippen LogP contribution in [-0.4, -0.2) is 47.8 Å². The molecule has 0 unspecified atom stereocenters. The summed E-state index contributed by atoms with van der Waals surface area (Å²) in [6.45, 7) is 4.61. The standard InChI is InChI=1S/C25H29ClFN3O3/c1-3-16(2)28-24(32)22(29-23(31)18-8-4-6-10-20(18)26)17-12-14-30(15-13-17)25(33)19-9-5-7-11-21(19)27/h4-11,16-17,22H,3,12-15H2,1-2H3,(H,28,32)(H,29,31)/t16-,22-/m1/s1. The van der Waals surface area contributed by atoms with E-state index >= 15 is 0 Å². The number of rotatable bonds is 7. The molecular formula is C25H29ClFN3O3. The lowest BCUT2D eigenvalue weighted by Gasteiger charge is -2.36. The highest BCUT2D eigenvalue weighted by molar-refractivity contribution is 6.33. The van der Waals surface area contributed by atoms with E-state index in [-0.39, 0.29) is 29.3 Å². The van der Waals surface area contributed by atoms with Crippen molar-refractivity contribution in [2.45, 2.75) is 45.2 Å². The molecule has 33 heavy (non-hydrogen) atoms. The highest BCUT2D eigenvalue weighted by Gasteiger charge is 2.35. The third kappa shape index (κ3) is 6.11. The summed E-state index contributed by atoms with van der Waals surface area (Å²) in [7, 11) is 0. The van der Waals surface area contributed by atoms with Crippen molar-refractivity contribution in [3.05, 3.63) is 70.5 Å². The van der Waals surface area contributed by atoms with Gasteiger partial charge in [-0.2, -0.15) is 0 Å². The first-order chi connectivity index (χ1) is 15.8. The topological polar surface area (TPSA) is 78.5 Å². The molecule has 2 aromatic carbocycles. The zero-order valence-corrected chi connectivity index (χ0v) is 19.6. The smallest absolute Gasteiger partial charge is 0.256 e. The molecule has 3 rings (SSSR count). The van der Waals surface area contributed by atoms with E-state index in [1.807, 2.05) is 13.8 Å². The lowest BCUT2D eigenvalue weighted by Crippen LogP contribution is -2.55. The molecule has 0 aromatic heterocycles. The second kappa shape index (κ2) is 11.3. The average Bonchev–Trinajstić information content (AvgIpc) is 2.82. The number of hydrogen-bond acceptors (Lipinski definition) is 3. The number of carbonyl (C=O) groups is 3. The molecule has 1 fully saturated rings. The second-order valence-corrected chi connectivity index (χ2v) is 8.77. The molecule has 6 nitrogen and oxygen atoms in total. The Morgan fingerprint density at radius 3 is 2.24 bits per heavy atom. The van der Waals surface area contributed by atoms with Crippen LogP contribution in [0.3, 0.4) is 0 Å². The SMILES string of the molecule is CC[C@@H](C)NC(=O)[C@H](NC(=O)c1ccccc1Cl)C1CCN(C(=O)c2ccccc2F)CC1. The van der Waals surface area contributed by atoms with Gasteiger partial charge in [-0.25, -0.2) is 4.39 Å². The number of likely N-dealkylation sites (tertiary alicyclic amines) is 1. The molecule has 1 heterocycles. The van der Waals surface area contributed by atoms with Crippen LogP contribution >= 0.6 is 11.6 Å². The van der Waals surface area contributed by atoms with Crippen LogP contribution in [0.4, 0.5) is 4.39 Å². The minimum Gasteiger partial charge on any atom is -0.352 e. The molecule has 0 radical (unpaired) electrons. The summed E-state index contributed by atoms with van der Waals surface area (Å²) >= 11 is 6.16. The zero-order chi connectivity index (χ0) is 24.0. The Kier molecular flexibility index (Phi) is 8.44. The summed E-state index contributed by atoms with van der Waals surface area (Å²) in [4.78, 5) is 40.3. The van der Waals surface area contributed by atoms with E-state index < -0.39 is 17.8 Å². The van der Waals surface area contributed by atoms with Crippen molar-refractivity contribution in [1.82, 2.24) is 15.5 Å². The highest BCUT2D eigenvalue weighted by atomic mass is 35.5. The predicted molar refractivity (Wildman–Crippen MR) is 126 cm³/mol. The van der Waals surface area contributed by atoms with Crippen molar-refractivity contribution < 1.29 is 18.8 Å². The predicted octanol–water partition coefficient (Wildman–Crippen LogP) is 4.04. The maximum absolute atomic E-state index is 14.0. The summed E-state index contributed by atoms with van der Waals surface area (Å²) in [5.41, 5.74) is 0.335. The van der Waals surface area contributed by atoms with E-state index in [0.717, 1.165) is 6.42 Å². The van der Waals surface area contributed by atoms with Gasteiger partial charge in [0.05, 0.1) is 16.1 Å². The summed E-state index contributed by atoms with van der Waals surface area (Å²) in [5.74, 6) is -1.78. The molecule has 2 aromatic rings. The molecule has 0 spiro atoms. The first-order valence-electron chi connectivity index (χ1n) is 11.2. The van der Waals surface area contributed by atoms with Gasteiger partial charge in [0.15, 0.2) is 0 Å². The number of nitrogens with one attached hydrogen (secondary N) is 2. The number of hydrogen-bond donors (Lipinski definition) is 2. The number of nitrogens with zero attached hydrogens (tertiary/aromatic N) is 1. The first-order valence-corrected chi connectivity index (χ1v) is 11.6. The molecule has 0 saturated carbocycles. The summed E-state index contributed by atoms with van der Waals surface area (Å²) < 4.78 is 14.0. The third-order valence-electron chi connectivity index (χ3n) is 6.09. The Morgan fingerprint density at radius 2 is 1.64 bits per heavy atom. The minimum absolute atomic E-state index is 0.0361. The van der Waals surface area contributed by atoms with Crippen LogP contribution in [0.1, 0.15) is 53.8 Å². The van der Waals surface area contributed by atoms with E-state index in [1.54, 1.807) is 41.3 Å². The van der Waals surface area contributed by atoms with Gasteiger partial charge in [0.1, 0.15) is 11.9 Å². The Balaban J connectivity index is 1.72. The molecule has 8 heteroatoms. The largest absolute Gasteiger partial charge is 0.352 e. The fourth-order valence-electron chi connectivity index (χ4n) is 3.94. The number of benzene rings is 2. The molecule has 3 amide bonds. The van der Waals surface area contributed by atoms with E-state index in [0.29, 0.717) is 36.5 Å². The Hall–Kier alpha value is -2.93. The van der Waals surface area contributed by atoms with Gasteiger partial charge >= 0.3 is 0 Å². The monoisotopic (exact) mass is 473 g/mol. The molecular weight excluding hydrogens is 445 g/mol. The van der Waals surface area contributed by atoms with Crippen LogP contribution in [0.5, 0.6) is 0 Å². The van der Waals surface area contributed by atoms with Crippen LogP contribution in [0.25, 0.3) is 0 Å². The van der Waals surface area contributed by atoms with Gasteiger partial charge in [-0.3, -0.25) is 14.4 Å². The maximum atomic E-state index is 14.0. The molecule has 176 valence electrons. The fraction of sp³-hybridized carbons (Fsp3) is 0.400. The van der Waals surface area contributed by atoms with Crippen LogP contribution in [-0.2, 0) is 4.79 Å². The van der Waals surface area contributed by atoms with Crippen molar-refractivity contribution in [3.8, 4) is 0 Å². The lowest BCUT2D eigenvalue weighted by molar-refractivity contribution is -0.125. The Morgan fingerprint density at radius 1 is 1.03 bits per heavy atom. The summed E-state index contributed by atoms with van der Waals surface area (Å²) in [6.07, 6.45) is 1.76. The number of halogens is 2. The molecule has 1 aliphatic heterocycles. The summed E-state index contributed by atoms with van der Waals surface area (Å²) in [6, 6.07) is 11.8. The van der Waals surface area contributed by atoms with Crippen LogP contribution < -0.4 is 10.6 Å². The van der Waals surface area contributed by atoms with Gasteiger partial charge < -0.3 is 15.5 Å². The van der Waals surface area contributed by atoms with Crippen molar-refractivity contribution in [2.75, 3.05) is 13.1 Å². The van der Waals surface area contributed by atoms with Crippen molar-refractivity contribution in [3.63, 3.8) is 0 Å². The molecule has 1 saturated heterocycles. The number of carbonyl (C=O) groups excluding carboxylic acids is 3. The van der Waals surface area contributed by atoms with Gasteiger partial charge in [0.25, 0.3) is 11.8 Å². The highest BCUT2D eigenvalue weighted by Crippen LogP contribution is 2.24. The summed E-state index contributed by atoms with van der Waals surface area (Å²) in [5, 5.41) is 6.11. The van der Waals surface area contributed by atoms with E-state index in [1.165, 1.54) is 12.1 Å². The molecule has 2 N–H and O–H groups in total. The van der Waals surface area contributed by atoms with Crippen LogP contribution in [0, 0.1) is 11.7 Å². The van der Waals surface area contributed by atoms with Gasteiger partial charge in [-0.05, 0) is 56.4 Å². The van der Waals surface area contributed by atoms with Crippen molar-refractivity contribution in [1.29, 1.82) is 0 Å². The molecule has 2 atom stereocenters. The third-order valence-corrected chi connectivity index (χ3v) is 6.42. The molecule has 1 aliphatic rings. The normalized spacial score (nSPS) is 16.1. The quantitative estimate of drug-likeness (QED) is 0.637. The van der Waals surface area contributed by atoms with Gasteiger partial charge in [-0.15, -0.1) is 0 Å². The van der Waals surface area contributed by atoms with Crippen LogP contribution in [0.2, 0.25) is 5.02 Å². The van der Waals surface area contributed by atoms with E-state index in [4.69, 9.17) is 11.6 Å².